The third-order valence-corrected chi connectivity index (χ3v) is 7.05. The number of amides is 1. The molecule has 2 unspecified atom stereocenters. The number of thioether (sulfide) groups is 3. The minimum absolute atomic E-state index is 0.0832. The Balaban J connectivity index is 1.66. The van der Waals surface area contributed by atoms with Gasteiger partial charge in [-0.15, -0.1) is 0 Å². The van der Waals surface area contributed by atoms with Gasteiger partial charge in [-0.25, -0.2) is 0 Å². The number of benzene rings is 1. The molecule has 3 aliphatic heterocycles. The molecule has 6 heteroatoms. The third kappa shape index (κ3) is 2.47. The van der Waals surface area contributed by atoms with Crippen LogP contribution in [0.1, 0.15) is 26.3 Å². The molecule has 2 saturated heterocycles. The van der Waals surface area contributed by atoms with E-state index in [9.17, 15) is 4.79 Å². The summed E-state index contributed by atoms with van der Waals surface area (Å²) in [6.45, 7) is 6.63. The van der Waals surface area contributed by atoms with Crippen molar-refractivity contribution in [2.45, 2.75) is 46.8 Å². The average Bonchev–Trinajstić information content (AvgIpc) is 3.02. The van der Waals surface area contributed by atoms with Gasteiger partial charge in [0.2, 0.25) is 5.76 Å². The first-order valence-electron chi connectivity index (χ1n) is 6.79. The van der Waals surface area contributed by atoms with Crippen molar-refractivity contribution in [2.75, 3.05) is 0 Å². The molecule has 2 fully saturated rings. The summed E-state index contributed by atoms with van der Waals surface area (Å²) < 4.78 is 6.73. The first kappa shape index (κ1) is 13.9. The van der Waals surface area contributed by atoms with E-state index >= 15 is 0 Å². The van der Waals surface area contributed by atoms with Gasteiger partial charge in [-0.2, -0.15) is 0 Å². The summed E-state index contributed by atoms with van der Waals surface area (Å²) in [4.78, 5) is 14.5. The Morgan fingerprint density at radius 3 is 2.71 bits per heavy atom. The highest BCUT2D eigenvalue weighted by atomic mass is 32.2. The first-order valence-corrected chi connectivity index (χ1v) is 9.37. The number of hydrogen-bond donors (Lipinski definition) is 1. The normalized spacial score (nSPS) is 30.3. The van der Waals surface area contributed by atoms with Crippen molar-refractivity contribution in [1.82, 2.24) is 5.32 Å². The second-order valence-electron chi connectivity index (χ2n) is 6.25. The van der Waals surface area contributed by atoms with E-state index in [1.807, 2.05) is 0 Å². The van der Waals surface area contributed by atoms with E-state index in [4.69, 9.17) is 4.74 Å². The van der Waals surface area contributed by atoms with Crippen molar-refractivity contribution in [3.8, 4) is 0 Å². The molecule has 0 aromatic heterocycles. The van der Waals surface area contributed by atoms with Crippen molar-refractivity contribution in [2.24, 2.45) is 0 Å². The van der Waals surface area contributed by atoms with E-state index in [1.54, 1.807) is 35.3 Å². The van der Waals surface area contributed by atoms with Gasteiger partial charge in [0.1, 0.15) is 5.37 Å². The number of rotatable bonds is 0. The Kier molecular flexibility index (Phi) is 3.07. The molecule has 0 aliphatic carbocycles. The summed E-state index contributed by atoms with van der Waals surface area (Å²) in [7, 11) is 0. The maximum Gasteiger partial charge on any atom is 0.289 e. The summed E-state index contributed by atoms with van der Waals surface area (Å²) in [6.07, 6.45) is 0. The first-order chi connectivity index (χ1) is 9.91. The zero-order valence-electron chi connectivity index (χ0n) is 11.9. The van der Waals surface area contributed by atoms with Crippen LogP contribution in [0.3, 0.4) is 0 Å². The van der Waals surface area contributed by atoms with E-state index < -0.39 is 0 Å². The largest absolute Gasteiger partial charge is 0.469 e. The molecule has 1 amide bonds. The summed E-state index contributed by atoms with van der Waals surface area (Å²) >= 11 is 4.93. The smallest absolute Gasteiger partial charge is 0.289 e. The van der Waals surface area contributed by atoms with Crippen LogP contribution in [0, 0.1) is 0 Å². The highest BCUT2D eigenvalue weighted by molar-refractivity contribution is 8.24. The quantitative estimate of drug-likeness (QED) is 0.574. The van der Waals surface area contributed by atoms with Gasteiger partial charge in [-0.3, -0.25) is 4.79 Å². The lowest BCUT2D eigenvalue weighted by Crippen LogP contribution is -2.35. The molecular formula is C15H15NO2S3. The van der Waals surface area contributed by atoms with Crippen molar-refractivity contribution in [3.63, 3.8) is 0 Å². The fourth-order valence-corrected chi connectivity index (χ4v) is 5.37. The molecule has 1 aromatic rings. The zero-order valence-corrected chi connectivity index (χ0v) is 14.4. The lowest BCUT2D eigenvalue weighted by Gasteiger charge is -2.19. The van der Waals surface area contributed by atoms with Gasteiger partial charge in [0, 0.05) is 9.79 Å². The molecule has 1 aromatic carbocycles. The monoisotopic (exact) mass is 337 g/mol. The maximum absolute atomic E-state index is 12.1. The molecule has 110 valence electrons. The Hall–Kier alpha value is -0.720. The van der Waals surface area contributed by atoms with Crippen LogP contribution < -0.4 is 5.32 Å². The highest BCUT2D eigenvalue weighted by Crippen LogP contribution is 2.55. The van der Waals surface area contributed by atoms with E-state index in [-0.39, 0.29) is 22.1 Å². The van der Waals surface area contributed by atoms with Crippen LogP contribution >= 0.6 is 35.3 Å². The van der Waals surface area contributed by atoms with Gasteiger partial charge >= 0.3 is 0 Å². The summed E-state index contributed by atoms with van der Waals surface area (Å²) in [5.74, 6) is 0.407. The lowest BCUT2D eigenvalue weighted by atomic mass is 9.87. The third-order valence-electron chi connectivity index (χ3n) is 3.57. The molecule has 0 spiro atoms. The SMILES string of the molecule is CC(C)(C)c1ccc2c(c1)S/C(=C1\OC3SC3NC1=O)S2. The second-order valence-corrected chi connectivity index (χ2v) is 9.86. The molecule has 3 aliphatic rings. The summed E-state index contributed by atoms with van der Waals surface area (Å²) in [5, 5.41) is 3.12. The van der Waals surface area contributed by atoms with Crippen LogP contribution in [0.15, 0.2) is 38.0 Å². The number of nitrogens with one attached hydrogen (secondary N) is 1. The standard InChI is InChI=1S/C15H15NO2S3/c1-15(2,3)7-4-5-8-9(6-7)20-14(19-8)10-11(17)16-12-13(18-10)21-12/h4-6,12-13H,1-3H3,(H,16,17)/b14-10-. The molecular weight excluding hydrogens is 322 g/mol. The topological polar surface area (TPSA) is 38.3 Å². The number of fused-ring (bicyclic) bond motifs is 2. The fraction of sp³-hybridized carbons (Fsp3) is 0.400. The van der Waals surface area contributed by atoms with Crippen LogP contribution in [-0.4, -0.2) is 16.7 Å². The van der Waals surface area contributed by atoms with Gasteiger partial charge in [-0.1, -0.05) is 62.1 Å². The molecule has 4 rings (SSSR count). The van der Waals surface area contributed by atoms with E-state index in [1.165, 1.54) is 15.4 Å². The van der Waals surface area contributed by atoms with E-state index in [0.29, 0.717) is 5.76 Å². The molecule has 3 heterocycles. The maximum atomic E-state index is 12.1. The molecule has 3 nitrogen and oxygen atoms in total. The van der Waals surface area contributed by atoms with Crippen molar-refractivity contribution in [3.05, 3.63) is 33.8 Å². The minimum Gasteiger partial charge on any atom is -0.469 e. The van der Waals surface area contributed by atoms with Gasteiger partial charge in [0.05, 0.1) is 4.24 Å². The Labute approximate surface area is 136 Å². The van der Waals surface area contributed by atoms with Crippen molar-refractivity contribution < 1.29 is 9.53 Å². The molecule has 0 radical (unpaired) electrons. The Bertz CT molecular complexity index is 678. The van der Waals surface area contributed by atoms with Crippen LogP contribution in [-0.2, 0) is 14.9 Å². The average molecular weight is 337 g/mol. The molecule has 2 atom stereocenters. The van der Waals surface area contributed by atoms with Crippen molar-refractivity contribution >= 4 is 41.2 Å². The van der Waals surface area contributed by atoms with Gasteiger partial charge in [0.25, 0.3) is 5.91 Å². The summed E-state index contributed by atoms with van der Waals surface area (Å²) in [5.41, 5.74) is 1.56. The second kappa shape index (κ2) is 4.64. The van der Waals surface area contributed by atoms with E-state index in [0.717, 1.165) is 4.24 Å². The van der Waals surface area contributed by atoms with Gasteiger partial charge < -0.3 is 10.1 Å². The number of carbonyl (C=O) groups excluding carboxylic acids is 1. The highest BCUT2D eigenvalue weighted by Gasteiger charge is 2.49. The van der Waals surface area contributed by atoms with E-state index in [2.05, 4.69) is 44.3 Å². The summed E-state index contributed by atoms with van der Waals surface area (Å²) in [6, 6.07) is 6.56. The molecule has 0 saturated carbocycles. The number of hydrogen-bond acceptors (Lipinski definition) is 5. The molecule has 0 bridgehead atoms. The van der Waals surface area contributed by atoms with Crippen molar-refractivity contribution in [1.29, 1.82) is 0 Å². The predicted octanol–water partition coefficient (Wildman–Crippen LogP) is 3.90. The fourth-order valence-electron chi connectivity index (χ4n) is 2.25. The zero-order chi connectivity index (χ0) is 14.8. The lowest BCUT2D eigenvalue weighted by molar-refractivity contribution is -0.123. The predicted molar refractivity (Wildman–Crippen MR) is 88.3 cm³/mol. The number of carbonyl (C=O) groups is 1. The Morgan fingerprint density at radius 2 is 1.95 bits per heavy atom. The number of morpholine rings is 1. The van der Waals surface area contributed by atoms with Gasteiger partial charge in [0.15, 0.2) is 5.44 Å². The molecule has 21 heavy (non-hydrogen) atoms. The number of ether oxygens (including phenoxy) is 1. The molecule has 1 N–H and O–H groups in total. The van der Waals surface area contributed by atoms with Crippen LogP contribution in [0.2, 0.25) is 0 Å². The van der Waals surface area contributed by atoms with Crippen LogP contribution in [0.4, 0.5) is 0 Å². The van der Waals surface area contributed by atoms with Crippen LogP contribution in [0.5, 0.6) is 0 Å². The Morgan fingerprint density at radius 1 is 1.19 bits per heavy atom. The van der Waals surface area contributed by atoms with Gasteiger partial charge in [-0.05, 0) is 23.1 Å². The van der Waals surface area contributed by atoms with Crippen LogP contribution in [0.25, 0.3) is 0 Å². The minimum atomic E-state index is -0.0832.